The van der Waals surface area contributed by atoms with Crippen LogP contribution in [0.15, 0.2) is 73.3 Å². The summed E-state index contributed by atoms with van der Waals surface area (Å²) in [5.41, 5.74) is 0.750. The third kappa shape index (κ3) is 3.48. The second kappa shape index (κ2) is 7.09. The fraction of sp³-hybridized carbons (Fsp3) is 0.0952. The number of anilines is 1. The van der Waals surface area contributed by atoms with Gasteiger partial charge in [0.2, 0.25) is 0 Å². The van der Waals surface area contributed by atoms with Gasteiger partial charge >= 0.3 is 5.97 Å². The van der Waals surface area contributed by atoms with Gasteiger partial charge in [0, 0.05) is 37.0 Å². The molecule has 0 aliphatic heterocycles. The molecule has 0 amide bonds. The van der Waals surface area contributed by atoms with Gasteiger partial charge in [0.25, 0.3) is 0 Å². The lowest BCUT2D eigenvalue weighted by molar-refractivity contribution is -0.128. The lowest BCUT2D eigenvalue weighted by Crippen LogP contribution is -2.13. The van der Waals surface area contributed by atoms with Crippen LogP contribution in [0.5, 0.6) is 17.2 Å². The average Bonchev–Trinajstić information content (AvgIpc) is 2.64. The van der Waals surface area contributed by atoms with Gasteiger partial charge in [0.1, 0.15) is 11.5 Å². The van der Waals surface area contributed by atoms with Crippen molar-refractivity contribution in [1.29, 1.82) is 0 Å². The summed E-state index contributed by atoms with van der Waals surface area (Å²) in [6.45, 7) is 3.47. The van der Waals surface area contributed by atoms with Gasteiger partial charge in [-0.3, -0.25) is 0 Å². The zero-order valence-corrected chi connectivity index (χ0v) is 14.2. The maximum Gasteiger partial charge on any atom is 0.335 e. The van der Waals surface area contributed by atoms with Crippen molar-refractivity contribution in [2.24, 2.45) is 0 Å². The van der Waals surface area contributed by atoms with Gasteiger partial charge < -0.3 is 14.4 Å². The minimum atomic E-state index is -0.495. The quantitative estimate of drug-likeness (QED) is 0.382. The Kier molecular flexibility index (Phi) is 4.70. The van der Waals surface area contributed by atoms with E-state index < -0.39 is 5.97 Å². The molecule has 4 heteroatoms. The van der Waals surface area contributed by atoms with Gasteiger partial charge in [-0.05, 0) is 12.1 Å². The lowest BCUT2D eigenvalue weighted by Gasteiger charge is -2.21. The van der Waals surface area contributed by atoms with Gasteiger partial charge in [-0.2, -0.15) is 0 Å². The highest BCUT2D eigenvalue weighted by molar-refractivity contribution is 6.00. The van der Waals surface area contributed by atoms with E-state index in [-0.39, 0.29) is 0 Å². The molecule has 3 rings (SSSR count). The summed E-state index contributed by atoms with van der Waals surface area (Å²) in [6, 6.07) is 19.1. The molecule has 3 aromatic rings. The molecule has 4 nitrogen and oxygen atoms in total. The Labute approximate surface area is 146 Å². The number of esters is 1. The summed E-state index contributed by atoms with van der Waals surface area (Å²) in [5.74, 6) is 1.44. The van der Waals surface area contributed by atoms with Crippen molar-refractivity contribution in [2.75, 3.05) is 19.0 Å². The van der Waals surface area contributed by atoms with Crippen LogP contribution in [0.4, 0.5) is 5.69 Å². The van der Waals surface area contributed by atoms with Crippen LogP contribution in [0.1, 0.15) is 0 Å². The lowest BCUT2D eigenvalue weighted by atomic mass is 10.1. The fourth-order valence-corrected chi connectivity index (χ4v) is 2.58. The van der Waals surface area contributed by atoms with E-state index in [1.54, 1.807) is 0 Å². The number of carbonyl (C=O) groups is 1. The van der Waals surface area contributed by atoms with Crippen molar-refractivity contribution in [2.45, 2.75) is 0 Å². The number of para-hydroxylation sites is 1. The van der Waals surface area contributed by atoms with E-state index in [1.807, 2.05) is 79.7 Å². The van der Waals surface area contributed by atoms with Crippen LogP contribution < -0.4 is 14.4 Å². The third-order valence-corrected chi connectivity index (χ3v) is 3.76. The molecule has 25 heavy (non-hydrogen) atoms. The summed E-state index contributed by atoms with van der Waals surface area (Å²) in [7, 11) is 3.78. The first-order valence-corrected chi connectivity index (χ1v) is 7.90. The molecule has 3 aromatic carbocycles. The Morgan fingerprint density at radius 2 is 1.64 bits per heavy atom. The van der Waals surface area contributed by atoms with E-state index >= 15 is 0 Å². The Hall–Kier alpha value is -3.27. The van der Waals surface area contributed by atoms with Gasteiger partial charge in [0.15, 0.2) is 5.75 Å². The summed E-state index contributed by atoms with van der Waals surface area (Å²) < 4.78 is 11.6. The van der Waals surface area contributed by atoms with E-state index in [2.05, 4.69) is 6.58 Å². The van der Waals surface area contributed by atoms with Crippen LogP contribution in [0, 0.1) is 0 Å². The van der Waals surface area contributed by atoms with Crippen LogP contribution in [0.25, 0.3) is 10.8 Å². The van der Waals surface area contributed by atoms with E-state index in [0.29, 0.717) is 11.5 Å². The molecule has 0 saturated carbocycles. The predicted octanol–water partition coefficient (Wildman–Crippen LogP) is 4.79. The summed E-state index contributed by atoms with van der Waals surface area (Å²) >= 11 is 0. The maximum atomic E-state index is 11.8. The highest BCUT2D eigenvalue weighted by Crippen LogP contribution is 2.42. The Bertz CT molecular complexity index is 917. The Morgan fingerprint density at radius 1 is 1.00 bits per heavy atom. The monoisotopic (exact) mass is 333 g/mol. The summed E-state index contributed by atoms with van der Waals surface area (Å²) in [5, 5.41) is 1.67. The first-order chi connectivity index (χ1) is 12.1. The second-order valence-corrected chi connectivity index (χ2v) is 5.70. The van der Waals surface area contributed by atoms with Crippen molar-refractivity contribution < 1.29 is 14.3 Å². The first kappa shape index (κ1) is 16.6. The van der Waals surface area contributed by atoms with E-state index in [1.165, 1.54) is 0 Å². The fourth-order valence-electron chi connectivity index (χ4n) is 2.58. The van der Waals surface area contributed by atoms with E-state index in [4.69, 9.17) is 9.47 Å². The summed E-state index contributed by atoms with van der Waals surface area (Å²) in [4.78, 5) is 13.7. The molecule has 0 saturated heterocycles. The molecule has 0 aliphatic rings. The molecule has 126 valence electrons. The van der Waals surface area contributed by atoms with Gasteiger partial charge in [-0.1, -0.05) is 49.0 Å². The molecule has 0 unspecified atom stereocenters. The maximum absolute atomic E-state index is 11.8. The molecule has 0 aliphatic carbocycles. The van der Waals surface area contributed by atoms with Crippen molar-refractivity contribution in [3.63, 3.8) is 0 Å². The van der Waals surface area contributed by atoms with Crippen molar-refractivity contribution in [3.8, 4) is 17.2 Å². The molecule has 0 radical (unpaired) electrons. The normalized spacial score (nSPS) is 10.3. The molecule has 0 spiro atoms. The number of carbonyl (C=O) groups excluding carboxylic acids is 1. The number of fused-ring (bicyclic) bond motifs is 1. The Balaban J connectivity index is 2.20. The first-order valence-electron chi connectivity index (χ1n) is 7.90. The predicted molar refractivity (Wildman–Crippen MR) is 101 cm³/mol. The van der Waals surface area contributed by atoms with E-state index in [0.717, 1.165) is 28.3 Å². The van der Waals surface area contributed by atoms with Crippen LogP contribution in [-0.2, 0) is 4.79 Å². The summed E-state index contributed by atoms with van der Waals surface area (Å²) in [6.07, 6.45) is 1.16. The number of nitrogens with zero attached hydrogens (tertiary/aromatic N) is 1. The largest absolute Gasteiger partial charge is 0.457 e. The van der Waals surface area contributed by atoms with E-state index in [9.17, 15) is 4.79 Å². The number of rotatable bonds is 5. The van der Waals surface area contributed by atoms with Crippen molar-refractivity contribution in [1.82, 2.24) is 0 Å². The highest BCUT2D eigenvalue weighted by atomic mass is 16.5. The van der Waals surface area contributed by atoms with Gasteiger partial charge in [-0.25, -0.2) is 4.79 Å². The molecular weight excluding hydrogens is 314 g/mol. The zero-order chi connectivity index (χ0) is 17.8. The Morgan fingerprint density at radius 3 is 2.28 bits per heavy atom. The van der Waals surface area contributed by atoms with Crippen molar-refractivity contribution in [3.05, 3.63) is 73.3 Å². The molecule has 0 atom stereocenters. The molecule has 0 heterocycles. The van der Waals surface area contributed by atoms with Gasteiger partial charge in [0.05, 0.1) is 5.69 Å². The smallest absolute Gasteiger partial charge is 0.335 e. The standard InChI is InChI=1S/C21H19NO3/c1-4-20(23)25-21-17-13-9-8-12-16(17)19(14-18(21)22(2)3)24-15-10-6-5-7-11-15/h4-14H,1H2,2-3H3. The van der Waals surface area contributed by atoms with Crippen LogP contribution in [-0.4, -0.2) is 20.1 Å². The SMILES string of the molecule is C=CC(=O)Oc1c(N(C)C)cc(Oc2ccccc2)c2ccccc12. The van der Waals surface area contributed by atoms with Crippen LogP contribution >= 0.6 is 0 Å². The number of hydrogen-bond acceptors (Lipinski definition) is 4. The molecule has 0 aromatic heterocycles. The minimum Gasteiger partial charge on any atom is -0.457 e. The van der Waals surface area contributed by atoms with Crippen LogP contribution in [0.2, 0.25) is 0 Å². The number of benzene rings is 3. The van der Waals surface area contributed by atoms with Crippen LogP contribution in [0.3, 0.4) is 0 Å². The molecule has 0 bridgehead atoms. The molecule has 0 N–H and O–H groups in total. The number of ether oxygens (including phenoxy) is 2. The minimum absolute atomic E-state index is 0.492. The zero-order valence-electron chi connectivity index (χ0n) is 14.2. The topological polar surface area (TPSA) is 38.8 Å². The number of hydrogen-bond donors (Lipinski definition) is 0. The highest BCUT2D eigenvalue weighted by Gasteiger charge is 2.18. The average molecular weight is 333 g/mol. The van der Waals surface area contributed by atoms with Crippen molar-refractivity contribution >= 4 is 22.4 Å². The second-order valence-electron chi connectivity index (χ2n) is 5.70. The molecular formula is C21H19NO3. The molecule has 0 fully saturated rings. The third-order valence-electron chi connectivity index (χ3n) is 3.76. The van der Waals surface area contributed by atoms with Gasteiger partial charge in [-0.15, -0.1) is 0 Å².